The highest BCUT2D eigenvalue weighted by atomic mass is 32.2. The van der Waals surface area contributed by atoms with E-state index in [0.29, 0.717) is 19.5 Å². The van der Waals surface area contributed by atoms with Crippen LogP contribution in [0, 0.1) is 0 Å². The number of amides is 2. The number of H-pyrrole nitrogens is 1. The van der Waals surface area contributed by atoms with Crippen LogP contribution in [0.25, 0.3) is 0 Å². The van der Waals surface area contributed by atoms with Crippen molar-refractivity contribution in [2.24, 2.45) is 5.73 Å². The monoisotopic (exact) mass is 428 g/mol. The summed E-state index contributed by atoms with van der Waals surface area (Å²) in [5.41, 5.74) is 8.25. The maximum atomic E-state index is 12.9. The van der Waals surface area contributed by atoms with Crippen LogP contribution in [0.1, 0.15) is 65.1 Å². The van der Waals surface area contributed by atoms with E-state index in [9.17, 15) is 14.4 Å². The Hall–Kier alpha value is -2.62. The number of nitrogens with one attached hydrogen (secondary N) is 1. The number of rotatable bonds is 4. The van der Waals surface area contributed by atoms with Crippen molar-refractivity contribution >= 4 is 23.6 Å². The van der Waals surface area contributed by atoms with E-state index in [1.54, 1.807) is 22.4 Å². The molecule has 10 heteroatoms. The van der Waals surface area contributed by atoms with Gasteiger partial charge in [-0.1, -0.05) is 11.8 Å². The average Bonchev–Trinajstić information content (AvgIpc) is 3.48. The second kappa shape index (κ2) is 7.57. The van der Waals surface area contributed by atoms with Gasteiger partial charge in [-0.2, -0.15) is 5.10 Å². The first-order valence-corrected chi connectivity index (χ1v) is 11.4. The van der Waals surface area contributed by atoms with Crippen LogP contribution in [-0.4, -0.2) is 55.3 Å². The summed E-state index contributed by atoms with van der Waals surface area (Å²) in [5.74, 6) is 0.487. The number of aromatic nitrogens is 4. The number of primary amides is 1. The molecule has 2 aromatic heterocycles. The van der Waals surface area contributed by atoms with Gasteiger partial charge in [0.2, 0.25) is 5.91 Å². The molecule has 158 valence electrons. The van der Waals surface area contributed by atoms with Gasteiger partial charge < -0.3 is 10.6 Å². The zero-order valence-electron chi connectivity index (χ0n) is 16.6. The van der Waals surface area contributed by atoms with Crippen molar-refractivity contribution < 1.29 is 9.59 Å². The number of aryl methyl sites for hydroxylation is 1. The van der Waals surface area contributed by atoms with E-state index in [0.717, 1.165) is 60.0 Å². The van der Waals surface area contributed by atoms with Crippen LogP contribution in [0.3, 0.4) is 0 Å². The van der Waals surface area contributed by atoms with Gasteiger partial charge in [-0.15, -0.1) is 0 Å². The lowest BCUT2D eigenvalue weighted by Gasteiger charge is -2.32. The Morgan fingerprint density at radius 3 is 2.80 bits per heavy atom. The summed E-state index contributed by atoms with van der Waals surface area (Å²) < 4.78 is 1.76. The quantitative estimate of drug-likeness (QED) is 0.700. The van der Waals surface area contributed by atoms with E-state index in [1.165, 1.54) is 0 Å². The van der Waals surface area contributed by atoms with Crippen molar-refractivity contribution in [3.8, 4) is 0 Å². The molecule has 4 heterocycles. The smallest absolute Gasteiger partial charge is 0.269 e. The summed E-state index contributed by atoms with van der Waals surface area (Å²) in [6, 6.07) is 1.58. The third kappa shape index (κ3) is 3.32. The molecule has 3 aliphatic rings. The van der Waals surface area contributed by atoms with Crippen molar-refractivity contribution in [2.75, 3.05) is 18.8 Å². The Kier molecular flexibility index (Phi) is 4.88. The Labute approximate surface area is 177 Å². The molecule has 3 N–H and O–H groups in total. The fourth-order valence-electron chi connectivity index (χ4n) is 4.74. The van der Waals surface area contributed by atoms with Crippen LogP contribution in [-0.2, 0) is 17.6 Å². The summed E-state index contributed by atoms with van der Waals surface area (Å²) in [5, 5.41) is 7.61. The van der Waals surface area contributed by atoms with Gasteiger partial charge in [-0.25, -0.2) is 4.98 Å². The molecule has 2 aromatic rings. The highest BCUT2D eigenvalue weighted by molar-refractivity contribution is 7.99. The Morgan fingerprint density at radius 1 is 1.27 bits per heavy atom. The number of hydrogen-bond acceptors (Lipinski definition) is 6. The number of carbonyl (C=O) groups is 2. The number of nitrogens with two attached hydrogens (primary N) is 1. The number of carbonyl (C=O) groups excluding carboxylic acids is 2. The summed E-state index contributed by atoms with van der Waals surface area (Å²) in [6.45, 7) is 1.30. The Bertz CT molecular complexity index is 1070. The summed E-state index contributed by atoms with van der Waals surface area (Å²) in [6.07, 6.45) is 4.61. The van der Waals surface area contributed by atoms with Crippen LogP contribution in [0.15, 0.2) is 16.0 Å². The highest BCUT2D eigenvalue weighted by Gasteiger charge is 2.33. The maximum Gasteiger partial charge on any atom is 0.269 e. The van der Waals surface area contributed by atoms with Gasteiger partial charge in [-0.3, -0.25) is 24.0 Å². The Morgan fingerprint density at radius 2 is 2.07 bits per heavy atom. The zero-order chi connectivity index (χ0) is 20.8. The largest absolute Gasteiger partial charge is 0.364 e. The van der Waals surface area contributed by atoms with E-state index in [4.69, 9.17) is 5.73 Å². The molecule has 30 heavy (non-hydrogen) atoms. The van der Waals surface area contributed by atoms with Gasteiger partial charge in [0.1, 0.15) is 5.69 Å². The van der Waals surface area contributed by atoms with Gasteiger partial charge in [0.15, 0.2) is 5.16 Å². The summed E-state index contributed by atoms with van der Waals surface area (Å²) >= 11 is 1.58. The molecule has 0 aromatic carbocycles. The number of likely N-dealkylation sites (tertiary alicyclic amines) is 1. The molecule has 5 rings (SSSR count). The minimum absolute atomic E-state index is 0.0542. The van der Waals surface area contributed by atoms with Crippen LogP contribution in [0.5, 0.6) is 0 Å². The fourth-order valence-corrected chi connectivity index (χ4v) is 5.90. The number of aromatic amines is 1. The lowest BCUT2D eigenvalue weighted by Crippen LogP contribution is -2.39. The predicted molar refractivity (Wildman–Crippen MR) is 111 cm³/mol. The van der Waals surface area contributed by atoms with Gasteiger partial charge in [0.05, 0.1) is 11.7 Å². The topological polar surface area (TPSA) is 127 Å². The average molecular weight is 429 g/mol. The maximum absolute atomic E-state index is 12.9. The number of nitrogens with zero attached hydrogens (tertiary/aromatic N) is 4. The Balaban J connectivity index is 1.23. The molecule has 1 saturated heterocycles. The second-order valence-electron chi connectivity index (χ2n) is 8.25. The molecule has 0 bridgehead atoms. The van der Waals surface area contributed by atoms with Crippen molar-refractivity contribution in [3.63, 3.8) is 0 Å². The lowest BCUT2D eigenvalue weighted by atomic mass is 9.93. The fraction of sp³-hybridized carbons (Fsp3) is 0.550. The standard InChI is InChI=1S/C20H24N6O3S/c21-18(28)16-9-15(23-24-16)11-4-6-25(7-5-11)17(27)8-12-10-30-20-22-14-3-1-2-13(14)19(29)26(12)20/h9,11-12H,1-8,10H2,(H2,21,28)(H,23,24). The molecule has 1 unspecified atom stereocenters. The van der Waals surface area contributed by atoms with Gasteiger partial charge in [0.25, 0.3) is 11.5 Å². The SMILES string of the molecule is NC(=O)c1cc(C2CCN(C(=O)CC3CSc4nc5c(c(=O)n43)CCC5)CC2)[nH]n1. The van der Waals surface area contributed by atoms with Gasteiger partial charge in [0, 0.05) is 42.4 Å². The van der Waals surface area contributed by atoms with Crippen molar-refractivity contribution in [1.29, 1.82) is 0 Å². The highest BCUT2D eigenvalue weighted by Crippen LogP contribution is 2.35. The first-order valence-electron chi connectivity index (χ1n) is 10.4. The minimum Gasteiger partial charge on any atom is -0.364 e. The molecule has 0 spiro atoms. The molecule has 0 radical (unpaired) electrons. The predicted octanol–water partition coefficient (Wildman–Crippen LogP) is 0.997. The number of thioether (sulfide) groups is 1. The van der Waals surface area contributed by atoms with Gasteiger partial charge in [-0.05, 0) is 38.2 Å². The third-order valence-electron chi connectivity index (χ3n) is 6.42. The molecular weight excluding hydrogens is 404 g/mol. The molecule has 1 aliphatic carbocycles. The normalized spacial score (nSPS) is 20.9. The molecule has 9 nitrogen and oxygen atoms in total. The van der Waals surface area contributed by atoms with E-state index in [1.807, 2.05) is 4.90 Å². The summed E-state index contributed by atoms with van der Waals surface area (Å²) in [7, 11) is 0. The van der Waals surface area contributed by atoms with E-state index in [2.05, 4.69) is 15.2 Å². The molecule has 1 fully saturated rings. The van der Waals surface area contributed by atoms with Crippen LogP contribution in [0.2, 0.25) is 0 Å². The van der Waals surface area contributed by atoms with Crippen LogP contribution >= 0.6 is 11.8 Å². The van der Waals surface area contributed by atoms with E-state index < -0.39 is 5.91 Å². The summed E-state index contributed by atoms with van der Waals surface area (Å²) in [4.78, 5) is 43.7. The molecule has 2 amide bonds. The number of piperidine rings is 1. The molecule has 0 saturated carbocycles. The van der Waals surface area contributed by atoms with Crippen molar-refractivity contribution in [3.05, 3.63) is 39.1 Å². The minimum atomic E-state index is -0.546. The third-order valence-corrected chi connectivity index (χ3v) is 7.52. The van der Waals surface area contributed by atoms with Crippen LogP contribution in [0.4, 0.5) is 0 Å². The van der Waals surface area contributed by atoms with Gasteiger partial charge >= 0.3 is 0 Å². The first kappa shape index (κ1) is 19.3. The first-order chi connectivity index (χ1) is 14.5. The van der Waals surface area contributed by atoms with Crippen molar-refractivity contribution in [2.45, 2.75) is 55.6 Å². The number of fused-ring (bicyclic) bond motifs is 2. The van der Waals surface area contributed by atoms with E-state index in [-0.39, 0.29) is 29.1 Å². The number of hydrogen-bond donors (Lipinski definition) is 2. The molecule has 1 atom stereocenters. The second-order valence-corrected chi connectivity index (χ2v) is 9.23. The molecular formula is C20H24N6O3S. The van der Waals surface area contributed by atoms with Crippen LogP contribution < -0.4 is 11.3 Å². The van der Waals surface area contributed by atoms with E-state index >= 15 is 0 Å². The van der Waals surface area contributed by atoms with Crippen molar-refractivity contribution in [1.82, 2.24) is 24.6 Å². The zero-order valence-corrected chi connectivity index (χ0v) is 17.4. The molecule has 2 aliphatic heterocycles. The lowest BCUT2D eigenvalue weighted by molar-refractivity contribution is -0.133.